The number of benzene rings is 1. The molecule has 6 nitrogen and oxygen atoms in total. The fraction of sp³-hybridized carbons (Fsp3) is 0.714. The normalized spacial score (nSPS) is 21.0. The maximum Gasteiger partial charge on any atom is 0.245 e. The smallest absolute Gasteiger partial charge is 0.245 e. The van der Waals surface area contributed by atoms with Gasteiger partial charge in [-0.05, 0) is 37.8 Å². The van der Waals surface area contributed by atoms with Gasteiger partial charge in [-0.15, -0.1) is 0 Å². The Labute approximate surface area is 169 Å². The summed E-state index contributed by atoms with van der Waals surface area (Å²) in [6, 6.07) is 7.09. The minimum absolute atomic E-state index is 0.0814. The number of rotatable bonds is 8. The molecule has 2 aliphatic rings. The van der Waals surface area contributed by atoms with Crippen LogP contribution in [-0.2, 0) is 10.0 Å². The number of sulfonamides is 1. The quantitative estimate of drug-likeness (QED) is 0.613. The van der Waals surface area contributed by atoms with Crippen LogP contribution in [-0.4, -0.2) is 54.3 Å². The Morgan fingerprint density at radius 2 is 1.50 bits per heavy atom. The summed E-state index contributed by atoms with van der Waals surface area (Å²) >= 11 is 0. The molecule has 2 fully saturated rings. The average molecular weight is 411 g/mol. The third-order valence-electron chi connectivity index (χ3n) is 6.05. The minimum Gasteiger partial charge on any atom is -0.394 e. The van der Waals surface area contributed by atoms with Gasteiger partial charge in [0.1, 0.15) is 4.90 Å². The zero-order valence-electron chi connectivity index (χ0n) is 16.6. The van der Waals surface area contributed by atoms with Gasteiger partial charge in [-0.25, -0.2) is 8.42 Å². The van der Waals surface area contributed by atoms with Gasteiger partial charge in [0, 0.05) is 18.6 Å². The van der Waals surface area contributed by atoms with Crippen molar-refractivity contribution in [1.82, 2.24) is 4.31 Å². The molecule has 1 atom stereocenters. The lowest BCUT2D eigenvalue weighted by atomic mass is 9.91. The monoisotopic (exact) mass is 410 g/mol. The van der Waals surface area contributed by atoms with Gasteiger partial charge in [-0.1, -0.05) is 50.7 Å². The molecule has 0 saturated heterocycles. The summed E-state index contributed by atoms with van der Waals surface area (Å²) in [5, 5.41) is 21.7. The molecule has 7 heteroatoms. The summed E-state index contributed by atoms with van der Waals surface area (Å²) in [7, 11) is -3.66. The van der Waals surface area contributed by atoms with Gasteiger partial charge >= 0.3 is 0 Å². The van der Waals surface area contributed by atoms with Crippen LogP contribution in [0.25, 0.3) is 0 Å². The van der Waals surface area contributed by atoms with Gasteiger partial charge in [-0.2, -0.15) is 4.31 Å². The number of hydrogen-bond donors (Lipinski definition) is 3. The lowest BCUT2D eigenvalue weighted by Gasteiger charge is -2.40. The zero-order chi connectivity index (χ0) is 20.0. The lowest BCUT2D eigenvalue weighted by molar-refractivity contribution is 0.105. The predicted octanol–water partition coefficient (Wildman–Crippen LogP) is 3.11. The van der Waals surface area contributed by atoms with E-state index >= 15 is 0 Å². The van der Waals surface area contributed by atoms with Gasteiger partial charge in [0.25, 0.3) is 0 Å². The van der Waals surface area contributed by atoms with Crippen molar-refractivity contribution in [2.75, 3.05) is 18.5 Å². The van der Waals surface area contributed by atoms with Crippen molar-refractivity contribution in [1.29, 1.82) is 0 Å². The van der Waals surface area contributed by atoms with Crippen LogP contribution in [0, 0.1) is 0 Å². The molecule has 0 radical (unpaired) electrons. The minimum atomic E-state index is -3.66. The number of para-hydroxylation sites is 1. The fourth-order valence-corrected chi connectivity index (χ4v) is 6.71. The number of nitrogens with one attached hydrogen (secondary N) is 1. The molecule has 0 bridgehead atoms. The van der Waals surface area contributed by atoms with Crippen LogP contribution in [0.15, 0.2) is 29.2 Å². The van der Waals surface area contributed by atoms with Crippen LogP contribution in [0.4, 0.5) is 5.69 Å². The van der Waals surface area contributed by atoms with Crippen molar-refractivity contribution in [2.24, 2.45) is 0 Å². The predicted molar refractivity (Wildman–Crippen MR) is 111 cm³/mol. The highest BCUT2D eigenvalue weighted by Gasteiger charge is 2.39. The van der Waals surface area contributed by atoms with Gasteiger partial charge in [0.2, 0.25) is 10.0 Å². The second-order valence-corrected chi connectivity index (χ2v) is 9.94. The molecule has 2 saturated carbocycles. The van der Waals surface area contributed by atoms with Crippen LogP contribution < -0.4 is 5.32 Å². The highest BCUT2D eigenvalue weighted by atomic mass is 32.2. The van der Waals surface area contributed by atoms with Crippen molar-refractivity contribution in [2.45, 2.75) is 87.3 Å². The molecule has 1 aromatic rings. The second kappa shape index (κ2) is 10.1. The van der Waals surface area contributed by atoms with Crippen molar-refractivity contribution < 1.29 is 18.6 Å². The number of aliphatic hydroxyl groups excluding tert-OH is 2. The zero-order valence-corrected chi connectivity index (χ0v) is 17.4. The maximum absolute atomic E-state index is 13.8. The Balaban J connectivity index is 1.92. The Morgan fingerprint density at radius 3 is 2.04 bits per heavy atom. The second-order valence-electron chi connectivity index (χ2n) is 8.13. The van der Waals surface area contributed by atoms with Crippen molar-refractivity contribution >= 4 is 15.7 Å². The largest absolute Gasteiger partial charge is 0.394 e. The number of aliphatic hydroxyl groups is 2. The van der Waals surface area contributed by atoms with Gasteiger partial charge in [0.05, 0.1) is 18.4 Å². The average Bonchev–Trinajstić information content (AvgIpc) is 2.73. The van der Waals surface area contributed by atoms with E-state index in [0.717, 1.165) is 51.4 Å². The van der Waals surface area contributed by atoms with Crippen molar-refractivity contribution in [3.63, 3.8) is 0 Å². The Hall–Kier alpha value is -1.15. The molecular weight excluding hydrogens is 376 g/mol. The number of anilines is 1. The van der Waals surface area contributed by atoms with Crippen LogP contribution in [0.2, 0.25) is 0 Å². The third kappa shape index (κ3) is 5.06. The SMILES string of the molecule is O=S(=O)(c1ccccc1NCC(O)CO)N(C1CCCCC1)C1CCCCC1. The molecule has 0 heterocycles. The molecule has 1 unspecified atom stereocenters. The lowest BCUT2D eigenvalue weighted by Crippen LogP contribution is -2.48. The number of nitrogens with zero attached hydrogens (tertiary/aromatic N) is 1. The van der Waals surface area contributed by atoms with E-state index in [1.807, 2.05) is 4.31 Å². The highest BCUT2D eigenvalue weighted by Crippen LogP contribution is 2.36. The van der Waals surface area contributed by atoms with E-state index in [0.29, 0.717) is 5.69 Å². The summed E-state index contributed by atoms with van der Waals surface area (Å²) in [4.78, 5) is 0.274. The molecule has 0 amide bonds. The Morgan fingerprint density at radius 1 is 0.964 bits per heavy atom. The molecule has 0 spiro atoms. The molecule has 3 N–H and O–H groups in total. The van der Waals surface area contributed by atoms with E-state index in [2.05, 4.69) is 5.32 Å². The fourth-order valence-electron chi connectivity index (χ4n) is 4.61. The molecule has 158 valence electrons. The van der Waals surface area contributed by atoms with Gasteiger partial charge in [-0.3, -0.25) is 0 Å². The summed E-state index contributed by atoms with van der Waals surface area (Å²) in [5.41, 5.74) is 0.492. The van der Waals surface area contributed by atoms with Gasteiger partial charge < -0.3 is 15.5 Å². The molecular formula is C21H34N2O4S. The van der Waals surface area contributed by atoms with Crippen molar-refractivity contribution in [3.8, 4) is 0 Å². The molecule has 3 rings (SSSR count). The summed E-state index contributed by atoms with van der Waals surface area (Å²) < 4.78 is 29.5. The van der Waals surface area contributed by atoms with E-state index < -0.39 is 16.1 Å². The summed E-state index contributed by atoms with van der Waals surface area (Å²) in [6.45, 7) is -0.256. The van der Waals surface area contributed by atoms with E-state index in [4.69, 9.17) is 5.11 Å². The van der Waals surface area contributed by atoms with Crippen LogP contribution >= 0.6 is 0 Å². The van der Waals surface area contributed by atoms with Crippen molar-refractivity contribution in [3.05, 3.63) is 24.3 Å². The van der Waals surface area contributed by atoms with E-state index in [-0.39, 0.29) is 30.1 Å². The third-order valence-corrected chi connectivity index (χ3v) is 8.11. The first-order chi connectivity index (χ1) is 13.5. The van der Waals surface area contributed by atoms with E-state index in [9.17, 15) is 13.5 Å². The van der Waals surface area contributed by atoms with E-state index in [1.165, 1.54) is 12.8 Å². The highest BCUT2D eigenvalue weighted by molar-refractivity contribution is 7.89. The first-order valence-corrected chi connectivity index (χ1v) is 12.1. The molecule has 2 aliphatic carbocycles. The summed E-state index contributed by atoms with van der Waals surface area (Å²) in [6.07, 6.45) is 9.56. The van der Waals surface area contributed by atoms with Gasteiger partial charge in [0.15, 0.2) is 0 Å². The van der Waals surface area contributed by atoms with Crippen LogP contribution in [0.3, 0.4) is 0 Å². The maximum atomic E-state index is 13.8. The van der Waals surface area contributed by atoms with Crippen LogP contribution in [0.1, 0.15) is 64.2 Å². The molecule has 0 aromatic heterocycles. The molecule has 1 aromatic carbocycles. The Kier molecular flexibility index (Phi) is 7.74. The topological polar surface area (TPSA) is 89.9 Å². The Bertz CT molecular complexity index is 695. The number of hydrogen-bond acceptors (Lipinski definition) is 5. The first-order valence-electron chi connectivity index (χ1n) is 10.7. The van der Waals surface area contributed by atoms with E-state index in [1.54, 1.807) is 24.3 Å². The van der Waals surface area contributed by atoms with Crippen LogP contribution in [0.5, 0.6) is 0 Å². The molecule has 28 heavy (non-hydrogen) atoms. The standard InChI is InChI=1S/C21H34N2O4S/c24-16-19(25)15-22-20-13-7-8-14-21(20)28(26,27)23(17-9-3-1-4-10-17)18-11-5-2-6-12-18/h7-8,13-14,17-19,22,24-25H,1-6,9-12,15-16H2. The molecule has 0 aliphatic heterocycles. The first kappa shape index (κ1) is 21.6. The summed E-state index contributed by atoms with van der Waals surface area (Å²) in [5.74, 6) is 0.